The Morgan fingerprint density at radius 2 is 2.03 bits per heavy atom. The van der Waals surface area contributed by atoms with Gasteiger partial charge in [0.15, 0.2) is 0 Å². The van der Waals surface area contributed by atoms with E-state index in [2.05, 4.69) is 11.4 Å². The van der Waals surface area contributed by atoms with Gasteiger partial charge in [0.05, 0.1) is 6.04 Å². The molecule has 0 bridgehead atoms. The lowest BCUT2D eigenvalue weighted by Gasteiger charge is -2.38. The Kier molecular flexibility index (Phi) is 7.87. The Balaban J connectivity index is 1.77. The Bertz CT molecular complexity index is 839. The number of benzene rings is 1. The maximum absolute atomic E-state index is 13.3. The molecule has 2 atom stereocenters. The lowest BCUT2D eigenvalue weighted by molar-refractivity contribution is -0.146. The van der Waals surface area contributed by atoms with Gasteiger partial charge in [0, 0.05) is 24.6 Å². The second-order valence-electron chi connectivity index (χ2n) is 7.49. The average molecular weight is 431 g/mol. The zero-order chi connectivity index (χ0) is 21.5. The third-order valence-corrected chi connectivity index (χ3v) is 6.58. The van der Waals surface area contributed by atoms with Crippen LogP contribution in [0.3, 0.4) is 0 Å². The quantitative estimate of drug-likeness (QED) is 0.611. The van der Waals surface area contributed by atoms with Crippen molar-refractivity contribution in [3.63, 3.8) is 0 Å². The molecule has 7 heteroatoms. The van der Waals surface area contributed by atoms with Gasteiger partial charge in [-0.1, -0.05) is 25.1 Å². The molecule has 0 radical (unpaired) electrons. The van der Waals surface area contributed by atoms with Crippen molar-refractivity contribution in [2.24, 2.45) is 0 Å². The van der Waals surface area contributed by atoms with Gasteiger partial charge >= 0.3 is 0 Å². The second-order valence-corrected chi connectivity index (χ2v) is 8.49. The molecule has 1 aliphatic heterocycles. The van der Waals surface area contributed by atoms with Crippen molar-refractivity contribution in [2.45, 2.75) is 38.8 Å². The minimum absolute atomic E-state index is 0.0210. The van der Waals surface area contributed by atoms with Crippen LogP contribution >= 0.6 is 11.3 Å². The highest BCUT2D eigenvalue weighted by molar-refractivity contribution is 7.10. The topological polar surface area (TPSA) is 59.1 Å². The smallest absolute Gasteiger partial charge is 0.249 e. The van der Waals surface area contributed by atoms with Crippen LogP contribution in [0.25, 0.3) is 0 Å². The Morgan fingerprint density at radius 1 is 1.27 bits per heavy atom. The van der Waals surface area contributed by atoms with Crippen molar-refractivity contribution in [1.82, 2.24) is 9.80 Å². The molecule has 0 saturated carbocycles. The van der Waals surface area contributed by atoms with E-state index in [0.717, 1.165) is 24.2 Å². The Labute approximate surface area is 182 Å². The molecule has 162 valence electrons. The molecule has 30 heavy (non-hydrogen) atoms. The van der Waals surface area contributed by atoms with Gasteiger partial charge in [0.2, 0.25) is 11.8 Å². The lowest BCUT2D eigenvalue weighted by atomic mass is 10.00. The molecular formula is C23H30N2O4S. The average Bonchev–Trinajstić information content (AvgIpc) is 3.25. The van der Waals surface area contributed by atoms with Gasteiger partial charge in [-0.3, -0.25) is 9.59 Å². The molecule has 2 heterocycles. The molecule has 3 rings (SSSR count). The number of nitrogens with zero attached hydrogens (tertiary/aromatic N) is 2. The molecule has 1 aliphatic rings. The largest absolute Gasteiger partial charge is 0.491 e. The molecule has 6 nitrogen and oxygen atoms in total. The van der Waals surface area contributed by atoms with Crippen LogP contribution < -0.4 is 4.74 Å². The van der Waals surface area contributed by atoms with E-state index in [4.69, 9.17) is 9.47 Å². The number of rotatable bonds is 9. The van der Waals surface area contributed by atoms with Gasteiger partial charge in [-0.25, -0.2) is 0 Å². The number of methoxy groups -OCH3 is 1. The molecular weight excluding hydrogens is 400 g/mol. The van der Waals surface area contributed by atoms with E-state index >= 15 is 0 Å². The highest BCUT2D eigenvalue weighted by atomic mass is 32.1. The normalized spacial score (nSPS) is 16.6. The SMILES string of the molecule is CCC(C)N(CC(=O)N1CCc2sccc2C1COc1ccccc1)C(=O)COC. The van der Waals surface area contributed by atoms with E-state index in [0.29, 0.717) is 13.2 Å². The van der Waals surface area contributed by atoms with Crippen LogP contribution in [-0.4, -0.2) is 61.1 Å². The maximum atomic E-state index is 13.3. The minimum Gasteiger partial charge on any atom is -0.491 e. The van der Waals surface area contributed by atoms with E-state index in [1.54, 1.807) is 16.2 Å². The fraction of sp³-hybridized carbons (Fsp3) is 0.478. The van der Waals surface area contributed by atoms with Crippen molar-refractivity contribution in [3.05, 3.63) is 52.2 Å². The fourth-order valence-electron chi connectivity index (χ4n) is 3.72. The van der Waals surface area contributed by atoms with Crippen molar-refractivity contribution in [1.29, 1.82) is 0 Å². The zero-order valence-electron chi connectivity index (χ0n) is 17.9. The van der Waals surface area contributed by atoms with Crippen LogP contribution in [0.5, 0.6) is 5.75 Å². The standard InChI is InChI=1S/C23H30N2O4S/c1-4-17(2)25(23(27)16-28-3)14-22(26)24-12-10-21-19(11-13-30-21)20(24)15-29-18-8-6-5-7-9-18/h5-9,11,13,17,20H,4,10,12,14-16H2,1-3H3. The highest BCUT2D eigenvalue weighted by Crippen LogP contribution is 2.34. The Morgan fingerprint density at radius 3 is 2.73 bits per heavy atom. The molecule has 1 aromatic carbocycles. The molecule has 0 fully saturated rings. The van der Waals surface area contributed by atoms with Crippen LogP contribution in [-0.2, 0) is 20.7 Å². The number of para-hydroxylation sites is 1. The van der Waals surface area contributed by atoms with Gasteiger partial charge in [-0.2, -0.15) is 0 Å². The van der Waals surface area contributed by atoms with Crippen molar-refractivity contribution in [2.75, 3.05) is 33.4 Å². The van der Waals surface area contributed by atoms with E-state index < -0.39 is 0 Å². The summed E-state index contributed by atoms with van der Waals surface area (Å²) in [6.45, 7) is 5.02. The van der Waals surface area contributed by atoms with E-state index in [9.17, 15) is 9.59 Å². The van der Waals surface area contributed by atoms with Gasteiger partial charge in [-0.15, -0.1) is 11.3 Å². The number of fused-ring (bicyclic) bond motifs is 1. The van der Waals surface area contributed by atoms with Crippen LogP contribution in [0.15, 0.2) is 41.8 Å². The fourth-order valence-corrected chi connectivity index (χ4v) is 4.65. The number of carbonyl (C=O) groups is 2. The van der Waals surface area contributed by atoms with Gasteiger partial charge in [0.1, 0.15) is 25.5 Å². The monoisotopic (exact) mass is 430 g/mol. The van der Waals surface area contributed by atoms with Crippen LogP contribution in [0.2, 0.25) is 0 Å². The summed E-state index contributed by atoms with van der Waals surface area (Å²) in [5.74, 6) is 0.563. The third kappa shape index (κ3) is 5.21. The first-order valence-corrected chi connectivity index (χ1v) is 11.2. The van der Waals surface area contributed by atoms with E-state index in [1.165, 1.54) is 12.0 Å². The molecule has 2 aromatic rings. The number of hydrogen-bond donors (Lipinski definition) is 0. The van der Waals surface area contributed by atoms with E-state index in [-0.39, 0.29) is 37.0 Å². The van der Waals surface area contributed by atoms with Crippen molar-refractivity contribution >= 4 is 23.2 Å². The molecule has 1 aromatic heterocycles. The summed E-state index contributed by atoms with van der Waals surface area (Å²) >= 11 is 1.72. The third-order valence-electron chi connectivity index (χ3n) is 5.58. The number of amides is 2. The van der Waals surface area contributed by atoms with Crippen LogP contribution in [0, 0.1) is 0 Å². The predicted octanol–water partition coefficient (Wildman–Crippen LogP) is 3.53. The Hall–Kier alpha value is -2.38. The summed E-state index contributed by atoms with van der Waals surface area (Å²) in [4.78, 5) is 30.6. The van der Waals surface area contributed by atoms with Crippen LogP contribution in [0.1, 0.15) is 36.8 Å². The molecule has 2 unspecified atom stereocenters. The number of ether oxygens (including phenoxy) is 2. The molecule has 2 amide bonds. The second kappa shape index (κ2) is 10.6. The minimum atomic E-state index is -0.163. The van der Waals surface area contributed by atoms with E-state index in [1.807, 2.05) is 49.1 Å². The number of thiophene rings is 1. The predicted molar refractivity (Wildman–Crippen MR) is 118 cm³/mol. The lowest BCUT2D eigenvalue weighted by Crippen LogP contribution is -2.50. The number of carbonyl (C=O) groups excluding carboxylic acids is 2. The summed E-state index contributed by atoms with van der Waals surface area (Å²) in [5, 5.41) is 2.07. The van der Waals surface area contributed by atoms with Crippen molar-refractivity contribution < 1.29 is 19.1 Å². The summed E-state index contributed by atoms with van der Waals surface area (Å²) in [7, 11) is 1.49. The summed E-state index contributed by atoms with van der Waals surface area (Å²) in [6, 6.07) is 11.5. The number of hydrogen-bond acceptors (Lipinski definition) is 5. The van der Waals surface area contributed by atoms with Crippen molar-refractivity contribution in [3.8, 4) is 5.75 Å². The summed E-state index contributed by atoms with van der Waals surface area (Å²) < 4.78 is 11.0. The maximum Gasteiger partial charge on any atom is 0.249 e. The van der Waals surface area contributed by atoms with Gasteiger partial charge < -0.3 is 19.3 Å². The molecule has 0 aliphatic carbocycles. The first-order valence-electron chi connectivity index (χ1n) is 10.4. The summed E-state index contributed by atoms with van der Waals surface area (Å²) in [5.41, 5.74) is 1.15. The molecule has 0 spiro atoms. The first kappa shape index (κ1) is 22.3. The molecule has 0 saturated heterocycles. The first-order chi connectivity index (χ1) is 14.5. The highest BCUT2D eigenvalue weighted by Gasteiger charge is 2.34. The summed E-state index contributed by atoms with van der Waals surface area (Å²) in [6.07, 6.45) is 1.61. The van der Waals surface area contributed by atoms with Gasteiger partial charge in [0.25, 0.3) is 0 Å². The van der Waals surface area contributed by atoms with Gasteiger partial charge in [-0.05, 0) is 48.9 Å². The van der Waals surface area contributed by atoms with Crippen LogP contribution in [0.4, 0.5) is 0 Å². The zero-order valence-corrected chi connectivity index (χ0v) is 18.7. The molecule has 0 N–H and O–H groups in total.